The molecule has 2 N–H and O–H groups in total. The summed E-state index contributed by atoms with van der Waals surface area (Å²) in [6.07, 6.45) is 7.50. The Labute approximate surface area is 158 Å². The Bertz CT molecular complexity index is 514. The van der Waals surface area contributed by atoms with Gasteiger partial charge in [-0.05, 0) is 44.6 Å². The number of carbonyl (C=O) groups is 1. The zero-order valence-electron chi connectivity index (χ0n) is 15.2. The molecule has 1 fully saturated rings. The van der Waals surface area contributed by atoms with Crippen LogP contribution in [0.15, 0.2) is 10.4 Å². The van der Waals surface area contributed by atoms with Crippen LogP contribution in [0, 0.1) is 5.92 Å². The number of hydrogen-bond donors (Lipinski definition) is 2. The average molecular weight is 388 g/mol. The summed E-state index contributed by atoms with van der Waals surface area (Å²) in [6.45, 7) is 5.52. The smallest absolute Gasteiger partial charge is 0.407 e. The summed E-state index contributed by atoms with van der Waals surface area (Å²) in [5, 5.41) is 17.4. The lowest BCUT2D eigenvalue weighted by Crippen LogP contribution is -2.47. The highest BCUT2D eigenvalue weighted by Gasteiger charge is 2.28. The molecule has 1 aliphatic rings. The molecule has 0 aliphatic heterocycles. The molecule has 2 atom stereocenters. The number of aliphatic hydroxyl groups is 1. The lowest BCUT2D eigenvalue weighted by atomic mass is 9.84. The van der Waals surface area contributed by atoms with Crippen LogP contribution in [0.2, 0.25) is 0 Å². The van der Waals surface area contributed by atoms with Crippen LogP contribution in [0.5, 0.6) is 0 Å². The normalized spacial score (nSPS) is 18.6. The number of ether oxygens (including phenoxy) is 1. The van der Waals surface area contributed by atoms with E-state index in [0.29, 0.717) is 11.7 Å². The van der Waals surface area contributed by atoms with Crippen molar-refractivity contribution in [3.63, 3.8) is 0 Å². The van der Waals surface area contributed by atoms with Crippen LogP contribution < -0.4 is 5.32 Å². The van der Waals surface area contributed by atoms with E-state index < -0.39 is 17.8 Å². The van der Waals surface area contributed by atoms with Crippen LogP contribution >= 0.6 is 23.3 Å². The van der Waals surface area contributed by atoms with Crippen molar-refractivity contribution in [2.75, 3.05) is 5.75 Å². The van der Waals surface area contributed by atoms with Crippen LogP contribution in [0.25, 0.3) is 0 Å². The first-order valence-electron chi connectivity index (χ1n) is 8.91. The topological polar surface area (TPSA) is 84.3 Å². The van der Waals surface area contributed by atoms with Gasteiger partial charge in [0.2, 0.25) is 0 Å². The molecule has 0 bridgehead atoms. The first kappa shape index (κ1) is 20.5. The highest BCUT2D eigenvalue weighted by molar-refractivity contribution is 8.01. The fourth-order valence-electron chi connectivity index (χ4n) is 3.06. The molecule has 1 heterocycles. The summed E-state index contributed by atoms with van der Waals surface area (Å²) in [7, 11) is 0. The molecule has 1 unspecified atom stereocenters. The Morgan fingerprint density at radius 1 is 1.44 bits per heavy atom. The van der Waals surface area contributed by atoms with Gasteiger partial charge in [-0.2, -0.15) is 0 Å². The van der Waals surface area contributed by atoms with Gasteiger partial charge in [-0.1, -0.05) is 36.6 Å². The van der Waals surface area contributed by atoms with Gasteiger partial charge >= 0.3 is 6.09 Å². The highest BCUT2D eigenvalue weighted by atomic mass is 32.2. The van der Waals surface area contributed by atoms with Gasteiger partial charge in [-0.3, -0.25) is 0 Å². The zero-order chi connectivity index (χ0) is 18.3. The van der Waals surface area contributed by atoms with Crippen molar-refractivity contribution < 1.29 is 14.6 Å². The molecule has 1 aromatic rings. The van der Waals surface area contributed by atoms with E-state index in [9.17, 15) is 9.90 Å². The standard InChI is InChI=1S/C17H29N3O3S2/c1-17(2,3)23-16(22)19-13(9-12-7-5-4-6-8-12)14(21)11-24-15-10-18-20-25-15/h10,12-14,21H,4-9,11H2,1-3H3,(H,19,22)/t13-,14?/m0/s1. The third-order valence-corrected chi connectivity index (χ3v) is 6.15. The molecule has 1 saturated carbocycles. The predicted octanol–water partition coefficient (Wildman–Crippen LogP) is 3.85. The van der Waals surface area contributed by atoms with Gasteiger partial charge in [0.05, 0.1) is 18.3 Å². The number of nitrogens with zero attached hydrogens (tertiary/aromatic N) is 2. The van der Waals surface area contributed by atoms with E-state index in [4.69, 9.17) is 4.74 Å². The van der Waals surface area contributed by atoms with Crippen molar-refractivity contribution >= 4 is 29.4 Å². The van der Waals surface area contributed by atoms with Crippen LogP contribution in [-0.4, -0.2) is 44.3 Å². The first-order valence-corrected chi connectivity index (χ1v) is 10.7. The third kappa shape index (κ3) is 7.92. The van der Waals surface area contributed by atoms with E-state index in [0.717, 1.165) is 10.6 Å². The van der Waals surface area contributed by atoms with Gasteiger partial charge in [0.25, 0.3) is 0 Å². The molecule has 8 heteroatoms. The maximum Gasteiger partial charge on any atom is 0.407 e. The molecule has 0 spiro atoms. The summed E-state index contributed by atoms with van der Waals surface area (Å²) in [4.78, 5) is 12.2. The van der Waals surface area contributed by atoms with Crippen LogP contribution in [0.4, 0.5) is 4.79 Å². The van der Waals surface area contributed by atoms with Crippen LogP contribution in [-0.2, 0) is 4.74 Å². The second kappa shape index (κ2) is 9.73. The third-order valence-electron chi connectivity index (χ3n) is 4.22. The van der Waals surface area contributed by atoms with E-state index in [1.165, 1.54) is 55.4 Å². The molecule has 0 aromatic carbocycles. The number of nitrogens with one attached hydrogen (secondary N) is 1. The largest absolute Gasteiger partial charge is 0.444 e. The molecule has 0 saturated heterocycles. The minimum atomic E-state index is -0.637. The summed E-state index contributed by atoms with van der Waals surface area (Å²) >= 11 is 2.83. The fourth-order valence-corrected chi connectivity index (χ4v) is 4.53. The lowest BCUT2D eigenvalue weighted by molar-refractivity contribution is 0.0416. The molecule has 0 radical (unpaired) electrons. The van der Waals surface area contributed by atoms with Crippen molar-refractivity contribution in [2.45, 2.75) is 81.3 Å². The second-order valence-corrected chi connectivity index (χ2v) is 9.71. The lowest BCUT2D eigenvalue weighted by Gasteiger charge is -2.31. The molecule has 1 aromatic heterocycles. The molecular formula is C17H29N3O3S2. The summed E-state index contributed by atoms with van der Waals surface area (Å²) < 4.78 is 10.2. The van der Waals surface area contributed by atoms with Gasteiger partial charge in [0, 0.05) is 5.75 Å². The van der Waals surface area contributed by atoms with Crippen molar-refractivity contribution in [2.24, 2.45) is 5.92 Å². The second-order valence-electron chi connectivity index (χ2n) is 7.61. The van der Waals surface area contributed by atoms with Crippen molar-refractivity contribution in [1.29, 1.82) is 0 Å². The van der Waals surface area contributed by atoms with Gasteiger partial charge in [0.1, 0.15) is 9.81 Å². The Kier molecular flexibility index (Phi) is 7.96. The van der Waals surface area contributed by atoms with Gasteiger partial charge in [0.15, 0.2) is 0 Å². The summed E-state index contributed by atoms with van der Waals surface area (Å²) in [5.74, 6) is 1.05. The number of aliphatic hydroxyl groups excluding tert-OH is 1. The zero-order valence-corrected chi connectivity index (χ0v) is 16.9. The van der Waals surface area contributed by atoms with E-state index in [2.05, 4.69) is 14.9 Å². The molecular weight excluding hydrogens is 358 g/mol. The fraction of sp³-hybridized carbons (Fsp3) is 0.824. The van der Waals surface area contributed by atoms with Gasteiger partial charge in [-0.15, -0.1) is 16.9 Å². The maximum absolute atomic E-state index is 12.2. The van der Waals surface area contributed by atoms with E-state index >= 15 is 0 Å². The molecule has 1 aliphatic carbocycles. The summed E-state index contributed by atoms with van der Waals surface area (Å²) in [5.41, 5.74) is -0.548. The first-order chi connectivity index (χ1) is 11.8. The van der Waals surface area contributed by atoms with Crippen LogP contribution in [0.1, 0.15) is 59.3 Å². The molecule has 1 amide bonds. The Hall–Kier alpha value is -0.860. The predicted molar refractivity (Wildman–Crippen MR) is 101 cm³/mol. The quantitative estimate of drug-likeness (QED) is 0.691. The number of amides is 1. The van der Waals surface area contributed by atoms with Gasteiger partial charge in [-0.25, -0.2) is 4.79 Å². The SMILES string of the molecule is CC(C)(C)OC(=O)N[C@@H](CC1CCCCC1)C(O)CSc1cnns1. The monoisotopic (exact) mass is 387 g/mol. The maximum atomic E-state index is 12.2. The molecule has 142 valence electrons. The summed E-state index contributed by atoms with van der Waals surface area (Å²) in [6, 6.07) is -0.300. The van der Waals surface area contributed by atoms with Crippen molar-refractivity contribution in [3.8, 4) is 0 Å². The van der Waals surface area contributed by atoms with E-state index in [1.807, 2.05) is 20.8 Å². The van der Waals surface area contributed by atoms with Crippen LogP contribution in [0.3, 0.4) is 0 Å². The minimum Gasteiger partial charge on any atom is -0.444 e. The van der Waals surface area contributed by atoms with Crippen molar-refractivity contribution in [3.05, 3.63) is 6.20 Å². The van der Waals surface area contributed by atoms with Gasteiger partial charge < -0.3 is 15.2 Å². The number of carbonyl (C=O) groups excluding carboxylic acids is 1. The number of thioether (sulfide) groups is 1. The molecule has 25 heavy (non-hydrogen) atoms. The molecule has 2 rings (SSSR count). The Morgan fingerprint density at radius 3 is 2.76 bits per heavy atom. The molecule has 6 nitrogen and oxygen atoms in total. The average Bonchev–Trinajstić information content (AvgIpc) is 3.04. The number of alkyl carbamates (subject to hydrolysis) is 1. The Balaban J connectivity index is 1.92. The number of hydrogen-bond acceptors (Lipinski definition) is 7. The minimum absolute atomic E-state index is 0.300. The van der Waals surface area contributed by atoms with E-state index in [-0.39, 0.29) is 6.04 Å². The Morgan fingerprint density at radius 2 is 2.16 bits per heavy atom. The van der Waals surface area contributed by atoms with Crippen molar-refractivity contribution in [1.82, 2.24) is 14.9 Å². The highest BCUT2D eigenvalue weighted by Crippen LogP contribution is 2.29. The number of aromatic nitrogens is 2. The van der Waals surface area contributed by atoms with E-state index in [1.54, 1.807) is 6.20 Å². The number of rotatable bonds is 7.